The number of carbonyl (C=O) groups is 3. The van der Waals surface area contributed by atoms with Crippen LogP contribution in [0.25, 0.3) is 0 Å². The summed E-state index contributed by atoms with van der Waals surface area (Å²) in [6.45, 7) is 1.81. The largest absolute Gasteiger partial charge is 0.324 e. The summed E-state index contributed by atoms with van der Waals surface area (Å²) >= 11 is 6.32. The van der Waals surface area contributed by atoms with Gasteiger partial charge in [0.05, 0.1) is 23.2 Å². The molecule has 2 N–H and O–H groups in total. The molecule has 3 aliphatic heterocycles. The molecule has 0 aliphatic carbocycles. The highest BCUT2D eigenvalue weighted by Crippen LogP contribution is 2.55. The van der Waals surface area contributed by atoms with Gasteiger partial charge in [0.25, 0.3) is 0 Å². The van der Waals surface area contributed by atoms with Crippen molar-refractivity contribution in [1.82, 2.24) is 5.32 Å². The number of hydrogen-bond donors (Lipinski definition) is 2. The SMILES string of the molecule is Cc1c(Cl)ccc2c1NC(=O)[C@]21N[C@H](Cc2ccccc2)[C@@H]2C(=O)N(c3ccc(F)cc3)C(=O)[C@@H]21. The minimum Gasteiger partial charge on any atom is -0.324 e. The number of amides is 3. The first-order chi connectivity index (χ1) is 16.8. The molecular formula is C27H21ClFN3O3. The summed E-state index contributed by atoms with van der Waals surface area (Å²) in [6.07, 6.45) is 0.454. The quantitative estimate of drug-likeness (QED) is 0.546. The Morgan fingerprint density at radius 1 is 0.971 bits per heavy atom. The van der Waals surface area contributed by atoms with Gasteiger partial charge in [0.2, 0.25) is 17.7 Å². The average Bonchev–Trinajstić information content (AvgIpc) is 3.43. The van der Waals surface area contributed by atoms with Crippen LogP contribution in [0.4, 0.5) is 15.8 Å². The lowest BCUT2D eigenvalue weighted by atomic mass is 9.76. The molecule has 3 aromatic rings. The van der Waals surface area contributed by atoms with Crippen LogP contribution in [-0.4, -0.2) is 23.8 Å². The molecule has 6 nitrogen and oxygen atoms in total. The summed E-state index contributed by atoms with van der Waals surface area (Å²) in [6, 6.07) is 17.8. The topological polar surface area (TPSA) is 78.5 Å². The van der Waals surface area contributed by atoms with Crippen LogP contribution < -0.4 is 15.5 Å². The van der Waals surface area contributed by atoms with Crippen molar-refractivity contribution in [2.24, 2.45) is 11.8 Å². The zero-order valence-electron chi connectivity index (χ0n) is 18.7. The van der Waals surface area contributed by atoms with E-state index in [2.05, 4.69) is 10.6 Å². The van der Waals surface area contributed by atoms with Crippen molar-refractivity contribution in [2.45, 2.75) is 24.9 Å². The van der Waals surface area contributed by atoms with Crippen LogP contribution in [0.1, 0.15) is 16.7 Å². The first kappa shape index (κ1) is 21.9. The highest BCUT2D eigenvalue weighted by atomic mass is 35.5. The van der Waals surface area contributed by atoms with Crippen molar-refractivity contribution in [3.8, 4) is 0 Å². The van der Waals surface area contributed by atoms with Crippen LogP contribution in [0.2, 0.25) is 5.02 Å². The van der Waals surface area contributed by atoms with Gasteiger partial charge < -0.3 is 5.32 Å². The van der Waals surface area contributed by atoms with Crippen LogP contribution >= 0.6 is 11.6 Å². The minimum absolute atomic E-state index is 0.287. The summed E-state index contributed by atoms with van der Waals surface area (Å²) in [5.74, 6) is -3.47. The lowest BCUT2D eigenvalue weighted by Gasteiger charge is -2.29. The Kier molecular flexibility index (Phi) is 4.85. The zero-order valence-corrected chi connectivity index (χ0v) is 19.5. The van der Waals surface area contributed by atoms with Crippen molar-refractivity contribution in [2.75, 3.05) is 10.2 Å². The number of nitrogens with zero attached hydrogens (tertiary/aromatic N) is 1. The molecule has 4 atom stereocenters. The van der Waals surface area contributed by atoms with Crippen LogP contribution in [0.5, 0.6) is 0 Å². The number of hydrogen-bond acceptors (Lipinski definition) is 4. The van der Waals surface area contributed by atoms with Gasteiger partial charge in [-0.15, -0.1) is 0 Å². The van der Waals surface area contributed by atoms with Crippen molar-refractivity contribution in [3.05, 3.63) is 94.3 Å². The Hall–Kier alpha value is -3.55. The van der Waals surface area contributed by atoms with Crippen molar-refractivity contribution in [3.63, 3.8) is 0 Å². The lowest BCUT2D eigenvalue weighted by molar-refractivity contribution is -0.130. The molecule has 2 fully saturated rings. The summed E-state index contributed by atoms with van der Waals surface area (Å²) in [5, 5.41) is 6.84. The third-order valence-electron chi connectivity index (χ3n) is 7.47. The Labute approximate surface area is 206 Å². The third kappa shape index (κ3) is 3.01. The van der Waals surface area contributed by atoms with Crippen molar-refractivity contribution < 1.29 is 18.8 Å². The maximum absolute atomic E-state index is 13.9. The summed E-state index contributed by atoms with van der Waals surface area (Å²) in [4.78, 5) is 42.4. The first-order valence-corrected chi connectivity index (χ1v) is 11.8. The van der Waals surface area contributed by atoms with Gasteiger partial charge in [0.15, 0.2) is 0 Å². The van der Waals surface area contributed by atoms with E-state index in [-0.39, 0.29) is 11.6 Å². The van der Waals surface area contributed by atoms with Crippen molar-refractivity contribution >= 4 is 40.7 Å². The number of rotatable bonds is 3. The number of halogens is 2. The van der Waals surface area contributed by atoms with Gasteiger partial charge in [-0.25, -0.2) is 9.29 Å². The van der Waals surface area contributed by atoms with E-state index in [9.17, 15) is 18.8 Å². The Bertz CT molecular complexity index is 1390. The van der Waals surface area contributed by atoms with E-state index in [4.69, 9.17) is 11.6 Å². The summed E-state index contributed by atoms with van der Waals surface area (Å²) < 4.78 is 13.6. The molecule has 3 heterocycles. The minimum atomic E-state index is -1.42. The molecule has 3 aliphatic rings. The monoisotopic (exact) mass is 489 g/mol. The number of benzene rings is 3. The number of nitrogens with one attached hydrogen (secondary N) is 2. The molecule has 8 heteroatoms. The second-order valence-electron chi connectivity index (χ2n) is 9.29. The van der Waals surface area contributed by atoms with Crippen LogP contribution in [0.3, 0.4) is 0 Å². The molecule has 6 rings (SSSR count). The third-order valence-corrected chi connectivity index (χ3v) is 7.88. The van der Waals surface area contributed by atoms with Gasteiger partial charge in [-0.05, 0) is 54.8 Å². The Morgan fingerprint density at radius 2 is 1.69 bits per heavy atom. The molecule has 2 saturated heterocycles. The predicted octanol–water partition coefficient (Wildman–Crippen LogP) is 3.96. The zero-order chi connectivity index (χ0) is 24.5. The van der Waals surface area contributed by atoms with Crippen molar-refractivity contribution in [1.29, 1.82) is 0 Å². The molecule has 0 aromatic heterocycles. The van der Waals surface area contributed by atoms with Gasteiger partial charge in [-0.3, -0.25) is 19.7 Å². The molecule has 0 saturated carbocycles. The van der Waals surface area contributed by atoms with Gasteiger partial charge in [0.1, 0.15) is 11.4 Å². The maximum atomic E-state index is 13.9. The molecule has 1 spiro atoms. The molecule has 0 bridgehead atoms. The molecular weight excluding hydrogens is 469 g/mol. The molecule has 3 aromatic carbocycles. The van der Waals surface area contributed by atoms with Crippen LogP contribution in [0.15, 0.2) is 66.7 Å². The molecule has 0 unspecified atom stereocenters. The van der Waals surface area contributed by atoms with Gasteiger partial charge in [-0.1, -0.05) is 48.0 Å². The van der Waals surface area contributed by atoms with Crippen LogP contribution in [-0.2, 0) is 26.3 Å². The van der Waals surface area contributed by atoms with E-state index >= 15 is 0 Å². The number of imide groups is 1. The molecule has 3 amide bonds. The summed E-state index contributed by atoms with van der Waals surface area (Å²) in [5.41, 5.74) is 1.72. The standard InChI is InChI=1S/C27H21ClFN3O3/c1-14-19(28)12-11-18-23(14)30-26(35)27(18)22-21(20(31-27)13-15-5-3-2-4-6-15)24(33)32(25(22)34)17-9-7-16(29)8-10-17/h2-12,20-22,31H,13H2,1H3,(H,30,35)/t20-,21+,22-,27+/m1/s1. The fraction of sp³-hybridized carbons (Fsp3) is 0.222. The van der Waals surface area contributed by atoms with E-state index in [1.54, 1.807) is 19.1 Å². The molecule has 35 heavy (non-hydrogen) atoms. The fourth-order valence-corrected chi connectivity index (χ4v) is 6.03. The molecule has 0 radical (unpaired) electrons. The van der Waals surface area contributed by atoms with E-state index in [1.807, 2.05) is 30.3 Å². The predicted molar refractivity (Wildman–Crippen MR) is 129 cm³/mol. The lowest BCUT2D eigenvalue weighted by Crippen LogP contribution is -2.53. The Morgan fingerprint density at radius 3 is 2.40 bits per heavy atom. The van der Waals surface area contributed by atoms with E-state index < -0.39 is 41.0 Å². The fourth-order valence-electron chi connectivity index (χ4n) is 5.88. The average molecular weight is 490 g/mol. The van der Waals surface area contributed by atoms with E-state index in [0.29, 0.717) is 28.3 Å². The maximum Gasteiger partial charge on any atom is 0.250 e. The highest BCUT2D eigenvalue weighted by Gasteiger charge is 2.70. The highest BCUT2D eigenvalue weighted by molar-refractivity contribution is 6.32. The van der Waals surface area contributed by atoms with Gasteiger partial charge >= 0.3 is 0 Å². The van der Waals surface area contributed by atoms with Gasteiger partial charge in [-0.2, -0.15) is 0 Å². The first-order valence-electron chi connectivity index (χ1n) is 11.4. The van der Waals surface area contributed by atoms with E-state index in [1.165, 1.54) is 24.3 Å². The number of anilines is 2. The molecule has 176 valence electrons. The second-order valence-corrected chi connectivity index (χ2v) is 9.70. The van der Waals surface area contributed by atoms with Crippen LogP contribution in [0, 0.1) is 24.6 Å². The Balaban J connectivity index is 1.51. The second kappa shape index (κ2) is 7.73. The summed E-state index contributed by atoms with van der Waals surface area (Å²) in [7, 11) is 0. The van der Waals surface area contributed by atoms with E-state index in [0.717, 1.165) is 10.5 Å². The van der Waals surface area contributed by atoms with Gasteiger partial charge in [0, 0.05) is 16.6 Å². The smallest absolute Gasteiger partial charge is 0.250 e. The normalized spacial score (nSPS) is 26.9. The number of carbonyl (C=O) groups excluding carboxylic acids is 3. The number of fused-ring (bicyclic) bond motifs is 4.